The van der Waals surface area contributed by atoms with Gasteiger partial charge in [-0.15, -0.1) is 0 Å². The van der Waals surface area contributed by atoms with Gasteiger partial charge in [-0.2, -0.15) is 0 Å². The molecule has 0 aliphatic heterocycles. The molecule has 2 aromatic rings. The predicted octanol–water partition coefficient (Wildman–Crippen LogP) is 4.27. The summed E-state index contributed by atoms with van der Waals surface area (Å²) in [6, 6.07) is 16.1. The predicted molar refractivity (Wildman–Crippen MR) is 117 cm³/mol. The molecule has 0 saturated carbocycles. The van der Waals surface area contributed by atoms with Gasteiger partial charge in [0.25, 0.3) is 5.91 Å². The van der Waals surface area contributed by atoms with E-state index in [9.17, 15) is 13.2 Å². The Morgan fingerprint density at radius 1 is 1.03 bits per heavy atom. The molecule has 5 nitrogen and oxygen atoms in total. The number of benzene rings is 2. The molecule has 0 spiro atoms. The zero-order valence-corrected chi connectivity index (χ0v) is 17.6. The lowest BCUT2D eigenvalue weighted by Gasteiger charge is -2.22. The summed E-state index contributed by atoms with van der Waals surface area (Å²) < 4.78 is 25.8. The first kappa shape index (κ1) is 21.1. The van der Waals surface area contributed by atoms with Gasteiger partial charge in [0.2, 0.25) is 10.0 Å². The van der Waals surface area contributed by atoms with E-state index in [4.69, 9.17) is 0 Å². The Labute approximate surface area is 173 Å². The number of anilines is 1. The molecule has 2 aromatic carbocycles. The molecule has 154 valence electrons. The van der Waals surface area contributed by atoms with Crippen LogP contribution in [0.5, 0.6) is 0 Å². The number of amides is 1. The van der Waals surface area contributed by atoms with Gasteiger partial charge in [0, 0.05) is 12.1 Å². The molecular formula is C23H28N2O3S. The fourth-order valence-electron chi connectivity index (χ4n) is 3.49. The third-order valence-corrected chi connectivity index (χ3v) is 6.24. The zero-order valence-electron chi connectivity index (χ0n) is 16.8. The van der Waals surface area contributed by atoms with Crippen LogP contribution in [0.15, 0.2) is 66.2 Å². The number of nitrogens with zero attached hydrogens (tertiary/aromatic N) is 1. The highest BCUT2D eigenvalue weighted by molar-refractivity contribution is 7.92. The normalized spacial score (nSPS) is 14.2. The summed E-state index contributed by atoms with van der Waals surface area (Å²) in [6.45, 7) is 0.862. The first-order chi connectivity index (χ1) is 13.9. The number of sulfonamides is 1. The summed E-state index contributed by atoms with van der Waals surface area (Å²) in [7, 11) is -3.42. The van der Waals surface area contributed by atoms with Crippen LogP contribution in [0, 0.1) is 0 Å². The van der Waals surface area contributed by atoms with E-state index in [0.717, 1.165) is 24.8 Å². The van der Waals surface area contributed by atoms with E-state index in [1.165, 1.54) is 29.0 Å². The second-order valence-corrected chi connectivity index (χ2v) is 9.32. The van der Waals surface area contributed by atoms with Crippen LogP contribution in [0.25, 0.3) is 0 Å². The first-order valence-corrected chi connectivity index (χ1v) is 11.9. The van der Waals surface area contributed by atoms with Gasteiger partial charge in [-0.05, 0) is 61.9 Å². The van der Waals surface area contributed by atoms with Gasteiger partial charge in [0.15, 0.2) is 0 Å². The van der Waals surface area contributed by atoms with Crippen LogP contribution in [0.4, 0.5) is 5.69 Å². The molecule has 1 amide bonds. The van der Waals surface area contributed by atoms with E-state index in [2.05, 4.69) is 11.4 Å². The van der Waals surface area contributed by atoms with Crippen LogP contribution >= 0.6 is 0 Å². The molecule has 29 heavy (non-hydrogen) atoms. The highest BCUT2D eigenvalue weighted by Crippen LogP contribution is 2.21. The Hall–Kier alpha value is -2.60. The minimum Gasteiger partial charge on any atom is -0.352 e. The highest BCUT2D eigenvalue weighted by Gasteiger charge is 2.17. The van der Waals surface area contributed by atoms with Gasteiger partial charge in [-0.3, -0.25) is 9.10 Å². The second kappa shape index (κ2) is 9.74. The Morgan fingerprint density at radius 3 is 2.38 bits per heavy atom. The van der Waals surface area contributed by atoms with E-state index in [0.29, 0.717) is 17.8 Å². The highest BCUT2D eigenvalue weighted by atomic mass is 32.2. The molecule has 0 saturated heterocycles. The number of hydrogen-bond donors (Lipinski definition) is 1. The van der Waals surface area contributed by atoms with Crippen molar-refractivity contribution in [1.82, 2.24) is 5.32 Å². The average Bonchev–Trinajstić information content (AvgIpc) is 2.73. The topological polar surface area (TPSA) is 66.5 Å². The molecule has 0 atom stereocenters. The maximum atomic E-state index is 12.4. The number of nitrogens with one attached hydrogen (secondary N) is 1. The molecule has 0 heterocycles. The Bertz CT molecular complexity index is 951. The molecule has 0 fully saturated rings. The summed E-state index contributed by atoms with van der Waals surface area (Å²) in [5.74, 6) is -0.101. The molecule has 3 rings (SSSR count). The Morgan fingerprint density at radius 2 is 1.76 bits per heavy atom. The third-order valence-electron chi connectivity index (χ3n) is 5.10. The number of carbonyl (C=O) groups is 1. The van der Waals surface area contributed by atoms with Gasteiger partial charge in [0.05, 0.1) is 18.5 Å². The van der Waals surface area contributed by atoms with Crippen LogP contribution in [0.3, 0.4) is 0 Å². The van der Waals surface area contributed by atoms with Crippen molar-refractivity contribution in [3.05, 3.63) is 77.4 Å². The van der Waals surface area contributed by atoms with Gasteiger partial charge >= 0.3 is 0 Å². The quantitative estimate of drug-likeness (QED) is 0.659. The summed E-state index contributed by atoms with van der Waals surface area (Å²) in [4.78, 5) is 12.4. The fraction of sp³-hybridized carbons (Fsp3) is 0.348. The Kier molecular flexibility index (Phi) is 7.09. The zero-order chi connectivity index (χ0) is 20.7. The van der Waals surface area contributed by atoms with Crippen LogP contribution in [0.1, 0.15) is 48.0 Å². The molecule has 6 heteroatoms. The fourth-order valence-corrected chi connectivity index (χ4v) is 4.38. The molecule has 1 aliphatic carbocycles. The third kappa shape index (κ3) is 6.19. The van der Waals surface area contributed by atoms with Crippen molar-refractivity contribution in [1.29, 1.82) is 0 Å². The standard InChI is InChI=1S/C23H28N2O3S/c1-29(27,28)25(22-10-6-3-7-11-22)18-20-12-14-21(15-13-20)23(26)24-17-16-19-8-4-2-5-9-19/h3,6-8,10-15H,2,4-5,9,16-18H2,1H3,(H,24,26). The van der Waals surface area contributed by atoms with Crippen LogP contribution in [-0.2, 0) is 16.6 Å². The van der Waals surface area contributed by atoms with Crippen molar-refractivity contribution in [3.63, 3.8) is 0 Å². The summed E-state index contributed by atoms with van der Waals surface area (Å²) in [5, 5.41) is 2.97. The van der Waals surface area contributed by atoms with Gasteiger partial charge in [0.1, 0.15) is 0 Å². The van der Waals surface area contributed by atoms with Crippen molar-refractivity contribution in [2.45, 2.75) is 38.6 Å². The lowest BCUT2D eigenvalue weighted by molar-refractivity contribution is 0.0954. The molecule has 1 N–H and O–H groups in total. The van der Waals surface area contributed by atoms with Crippen molar-refractivity contribution in [2.75, 3.05) is 17.1 Å². The summed E-state index contributed by atoms with van der Waals surface area (Å²) in [6.07, 6.45) is 9.21. The van der Waals surface area contributed by atoms with Crippen molar-refractivity contribution >= 4 is 21.6 Å². The van der Waals surface area contributed by atoms with Crippen molar-refractivity contribution in [3.8, 4) is 0 Å². The summed E-state index contributed by atoms with van der Waals surface area (Å²) in [5.41, 5.74) is 3.46. The first-order valence-electron chi connectivity index (χ1n) is 10.0. The van der Waals surface area contributed by atoms with E-state index in [1.807, 2.05) is 18.2 Å². The SMILES string of the molecule is CS(=O)(=O)N(Cc1ccc(C(=O)NCCC2=CCCCC2)cc1)c1ccccc1. The molecular weight excluding hydrogens is 384 g/mol. The van der Waals surface area contributed by atoms with Crippen LogP contribution in [0.2, 0.25) is 0 Å². The van der Waals surface area contributed by atoms with Gasteiger partial charge < -0.3 is 5.32 Å². The molecule has 0 unspecified atom stereocenters. The molecule has 0 bridgehead atoms. The van der Waals surface area contributed by atoms with E-state index < -0.39 is 10.0 Å². The van der Waals surface area contributed by atoms with Crippen LogP contribution in [-0.4, -0.2) is 27.1 Å². The number of allylic oxidation sites excluding steroid dienone is 1. The van der Waals surface area contributed by atoms with E-state index in [-0.39, 0.29) is 12.5 Å². The Balaban J connectivity index is 1.60. The number of rotatable bonds is 8. The number of hydrogen-bond acceptors (Lipinski definition) is 3. The van der Waals surface area contributed by atoms with Crippen LogP contribution < -0.4 is 9.62 Å². The van der Waals surface area contributed by atoms with Crippen molar-refractivity contribution in [2.24, 2.45) is 0 Å². The maximum absolute atomic E-state index is 12.4. The van der Waals surface area contributed by atoms with Gasteiger partial charge in [-0.1, -0.05) is 42.0 Å². The maximum Gasteiger partial charge on any atom is 0.251 e. The van der Waals surface area contributed by atoms with Gasteiger partial charge in [-0.25, -0.2) is 8.42 Å². The minimum atomic E-state index is -3.42. The molecule has 0 aromatic heterocycles. The second-order valence-electron chi connectivity index (χ2n) is 7.42. The largest absolute Gasteiger partial charge is 0.352 e. The summed E-state index contributed by atoms with van der Waals surface area (Å²) >= 11 is 0. The lowest BCUT2D eigenvalue weighted by atomic mass is 9.97. The van der Waals surface area contributed by atoms with E-state index in [1.54, 1.807) is 36.4 Å². The smallest absolute Gasteiger partial charge is 0.251 e. The number of carbonyl (C=O) groups excluding carboxylic acids is 1. The lowest BCUT2D eigenvalue weighted by Crippen LogP contribution is -2.29. The molecule has 1 aliphatic rings. The minimum absolute atomic E-state index is 0.101. The van der Waals surface area contributed by atoms with E-state index >= 15 is 0 Å². The molecule has 0 radical (unpaired) electrons. The van der Waals surface area contributed by atoms with Crippen molar-refractivity contribution < 1.29 is 13.2 Å². The average molecular weight is 413 g/mol. The number of para-hydroxylation sites is 1. The monoisotopic (exact) mass is 412 g/mol.